The van der Waals surface area contributed by atoms with Crippen LogP contribution in [0.15, 0.2) is 12.1 Å². The zero-order chi connectivity index (χ0) is 13.1. The third-order valence-corrected chi connectivity index (χ3v) is 4.84. The van der Waals surface area contributed by atoms with E-state index in [1.807, 2.05) is 6.07 Å². The van der Waals surface area contributed by atoms with Crippen LogP contribution in [0.4, 0.5) is 4.39 Å². The van der Waals surface area contributed by atoms with Crippen molar-refractivity contribution in [2.75, 3.05) is 6.54 Å². The van der Waals surface area contributed by atoms with Crippen molar-refractivity contribution in [2.24, 2.45) is 0 Å². The van der Waals surface area contributed by atoms with E-state index in [0.29, 0.717) is 11.0 Å². The Morgan fingerprint density at radius 3 is 3.00 bits per heavy atom. The van der Waals surface area contributed by atoms with Crippen LogP contribution in [0.3, 0.4) is 0 Å². The number of fused-ring (bicyclic) bond motifs is 1. The molecule has 100 valence electrons. The Hall–Kier alpha value is -0.250. The summed E-state index contributed by atoms with van der Waals surface area (Å²) in [5, 5.41) is 4.29. The van der Waals surface area contributed by atoms with Crippen molar-refractivity contribution in [1.82, 2.24) is 5.32 Å². The molecule has 0 aromatic heterocycles. The molecule has 1 aromatic rings. The first kappa shape index (κ1) is 14.2. The maximum absolute atomic E-state index is 14.1. The minimum absolute atomic E-state index is 0.234. The molecule has 0 saturated carbocycles. The smallest absolute Gasteiger partial charge is 0.146 e. The van der Waals surface area contributed by atoms with Gasteiger partial charge >= 0.3 is 0 Å². The summed E-state index contributed by atoms with van der Waals surface area (Å²) in [5.74, 6) is 0.478. The zero-order valence-electron chi connectivity index (χ0n) is 10.8. The van der Waals surface area contributed by atoms with Crippen LogP contribution in [0.1, 0.15) is 43.9 Å². The number of thioether (sulfide) groups is 1. The van der Waals surface area contributed by atoms with Gasteiger partial charge in [0.25, 0.3) is 0 Å². The summed E-state index contributed by atoms with van der Waals surface area (Å²) >= 11 is 7.69. The third kappa shape index (κ3) is 3.01. The molecule has 4 heteroatoms. The van der Waals surface area contributed by atoms with Gasteiger partial charge in [-0.3, -0.25) is 0 Å². The predicted molar refractivity (Wildman–Crippen MR) is 77.8 cm³/mol. The standard InChI is InChI=1S/C14H19ClFNS/c1-3-6-17-13-7-9(2)18-8-11-10(13)4-5-12(15)14(11)16/h4-5,9,13,17H,3,6-8H2,1-2H3. The molecule has 0 saturated heterocycles. The average molecular weight is 288 g/mol. The normalized spacial score (nSPS) is 23.6. The van der Waals surface area contributed by atoms with Crippen LogP contribution in [-0.2, 0) is 5.75 Å². The maximum Gasteiger partial charge on any atom is 0.146 e. The zero-order valence-corrected chi connectivity index (χ0v) is 12.4. The minimum Gasteiger partial charge on any atom is -0.310 e. The Balaban J connectivity index is 2.35. The summed E-state index contributed by atoms with van der Waals surface area (Å²) in [5.41, 5.74) is 1.87. The van der Waals surface area contributed by atoms with E-state index in [1.165, 1.54) is 0 Å². The molecule has 1 aromatic carbocycles. The highest BCUT2D eigenvalue weighted by Crippen LogP contribution is 2.37. The van der Waals surface area contributed by atoms with Gasteiger partial charge in [-0.15, -0.1) is 0 Å². The molecule has 2 rings (SSSR count). The van der Waals surface area contributed by atoms with Gasteiger partial charge in [-0.2, -0.15) is 11.8 Å². The van der Waals surface area contributed by atoms with Crippen molar-refractivity contribution in [3.8, 4) is 0 Å². The molecule has 0 aliphatic carbocycles. The summed E-state index contributed by atoms with van der Waals surface area (Å²) in [7, 11) is 0. The molecule has 1 aliphatic rings. The van der Waals surface area contributed by atoms with Crippen LogP contribution in [0, 0.1) is 5.82 Å². The number of benzene rings is 1. The Kier molecular flexibility index (Phi) is 4.93. The molecule has 1 N–H and O–H groups in total. The van der Waals surface area contributed by atoms with Crippen molar-refractivity contribution in [1.29, 1.82) is 0 Å². The number of rotatable bonds is 3. The van der Waals surface area contributed by atoms with E-state index in [-0.39, 0.29) is 16.9 Å². The molecule has 1 heterocycles. The van der Waals surface area contributed by atoms with Crippen molar-refractivity contribution in [3.05, 3.63) is 34.1 Å². The molecule has 1 aliphatic heterocycles. The molecule has 0 radical (unpaired) electrons. The lowest BCUT2D eigenvalue weighted by Crippen LogP contribution is -2.24. The van der Waals surface area contributed by atoms with Gasteiger partial charge in [0, 0.05) is 22.6 Å². The molecule has 0 bridgehead atoms. The quantitative estimate of drug-likeness (QED) is 0.875. The van der Waals surface area contributed by atoms with Crippen LogP contribution in [-0.4, -0.2) is 11.8 Å². The lowest BCUT2D eigenvalue weighted by molar-refractivity contribution is 0.495. The Morgan fingerprint density at radius 2 is 2.28 bits per heavy atom. The van der Waals surface area contributed by atoms with Crippen molar-refractivity contribution in [3.63, 3.8) is 0 Å². The van der Waals surface area contributed by atoms with E-state index >= 15 is 0 Å². The van der Waals surface area contributed by atoms with Gasteiger partial charge in [0.05, 0.1) is 5.02 Å². The van der Waals surface area contributed by atoms with Crippen LogP contribution >= 0.6 is 23.4 Å². The lowest BCUT2D eigenvalue weighted by Gasteiger charge is -2.21. The number of hydrogen-bond donors (Lipinski definition) is 1. The summed E-state index contributed by atoms with van der Waals surface area (Å²) in [6, 6.07) is 3.90. The Morgan fingerprint density at radius 1 is 1.50 bits per heavy atom. The van der Waals surface area contributed by atoms with E-state index < -0.39 is 0 Å². The monoisotopic (exact) mass is 287 g/mol. The average Bonchev–Trinajstić information content (AvgIpc) is 2.51. The van der Waals surface area contributed by atoms with Crippen LogP contribution < -0.4 is 5.32 Å². The van der Waals surface area contributed by atoms with Crippen molar-refractivity contribution >= 4 is 23.4 Å². The van der Waals surface area contributed by atoms with Crippen molar-refractivity contribution < 1.29 is 4.39 Å². The van der Waals surface area contributed by atoms with Gasteiger partial charge in [0.15, 0.2) is 0 Å². The highest BCUT2D eigenvalue weighted by atomic mass is 35.5. The van der Waals surface area contributed by atoms with E-state index in [1.54, 1.807) is 17.8 Å². The fourth-order valence-corrected chi connectivity index (χ4v) is 3.60. The summed E-state index contributed by atoms with van der Waals surface area (Å²) in [4.78, 5) is 0. The SMILES string of the molecule is CCCNC1CC(C)SCc2c1ccc(Cl)c2F. The molecular formula is C14H19ClFNS. The fraction of sp³-hybridized carbons (Fsp3) is 0.571. The van der Waals surface area contributed by atoms with Crippen LogP contribution in [0.5, 0.6) is 0 Å². The largest absolute Gasteiger partial charge is 0.310 e. The molecule has 0 amide bonds. The van der Waals surface area contributed by atoms with Gasteiger partial charge in [0.2, 0.25) is 0 Å². The van der Waals surface area contributed by atoms with Crippen molar-refractivity contribution in [2.45, 2.75) is 43.7 Å². The summed E-state index contributed by atoms with van der Waals surface area (Å²) in [6.07, 6.45) is 2.13. The topological polar surface area (TPSA) is 12.0 Å². The molecule has 0 fully saturated rings. The van der Waals surface area contributed by atoms with Gasteiger partial charge in [-0.1, -0.05) is 31.5 Å². The molecule has 2 unspecified atom stereocenters. The lowest BCUT2D eigenvalue weighted by atomic mass is 9.97. The van der Waals surface area contributed by atoms with Gasteiger partial charge in [0.1, 0.15) is 5.82 Å². The maximum atomic E-state index is 14.1. The second-order valence-electron chi connectivity index (χ2n) is 4.79. The molecule has 2 atom stereocenters. The first-order valence-corrected chi connectivity index (χ1v) is 7.88. The fourth-order valence-electron chi connectivity index (χ4n) is 2.35. The first-order chi connectivity index (χ1) is 8.63. The first-order valence-electron chi connectivity index (χ1n) is 6.45. The molecule has 18 heavy (non-hydrogen) atoms. The minimum atomic E-state index is -0.237. The van der Waals surface area contributed by atoms with Crippen LogP contribution in [0.25, 0.3) is 0 Å². The van der Waals surface area contributed by atoms with E-state index in [0.717, 1.165) is 30.5 Å². The third-order valence-electron chi connectivity index (χ3n) is 3.33. The van der Waals surface area contributed by atoms with E-state index in [2.05, 4.69) is 19.2 Å². The number of halogens is 2. The van der Waals surface area contributed by atoms with Gasteiger partial charge in [-0.05, 0) is 31.0 Å². The summed E-state index contributed by atoms with van der Waals surface area (Å²) in [6.45, 7) is 5.31. The van der Waals surface area contributed by atoms with E-state index in [9.17, 15) is 4.39 Å². The Labute approximate surface area is 117 Å². The van der Waals surface area contributed by atoms with E-state index in [4.69, 9.17) is 11.6 Å². The molecular weight excluding hydrogens is 269 g/mol. The molecule has 0 spiro atoms. The second-order valence-corrected chi connectivity index (χ2v) is 6.63. The number of nitrogens with one attached hydrogen (secondary N) is 1. The Bertz CT molecular complexity index is 425. The van der Waals surface area contributed by atoms with Gasteiger partial charge < -0.3 is 5.32 Å². The second kappa shape index (κ2) is 6.27. The number of hydrogen-bond acceptors (Lipinski definition) is 2. The molecule has 1 nitrogen and oxygen atoms in total. The van der Waals surface area contributed by atoms with Gasteiger partial charge in [-0.25, -0.2) is 4.39 Å². The highest BCUT2D eigenvalue weighted by Gasteiger charge is 2.25. The van der Waals surface area contributed by atoms with Crippen LogP contribution in [0.2, 0.25) is 5.02 Å². The summed E-state index contributed by atoms with van der Waals surface area (Å²) < 4.78 is 14.1. The predicted octanol–water partition coefficient (Wildman–Crippen LogP) is 4.55. The highest BCUT2D eigenvalue weighted by molar-refractivity contribution is 7.99.